The molecule has 5 aliphatic carbocycles. The van der Waals surface area contributed by atoms with E-state index in [1.807, 2.05) is 0 Å². The normalized spacial score (nSPS) is 50.9. The quantitative estimate of drug-likeness (QED) is 0.542. The maximum atomic E-state index is 10.2. The molecule has 152 valence electrons. The molecule has 5 aliphatic rings. The Balaban J connectivity index is 1.30. The molecule has 1 N–H and O–H groups in total. The molecule has 0 aromatic carbocycles. The number of hydrogen-bond donors (Lipinski definition) is 1. The van der Waals surface area contributed by atoms with Crippen LogP contribution in [0.15, 0.2) is 11.6 Å². The van der Waals surface area contributed by atoms with E-state index < -0.39 is 0 Å². The Bertz CT molecular complexity index is 605. The van der Waals surface area contributed by atoms with Crippen molar-refractivity contribution in [3.05, 3.63) is 11.6 Å². The highest BCUT2D eigenvalue weighted by atomic mass is 16.3. The highest BCUT2D eigenvalue weighted by molar-refractivity contribution is 5.26. The molecule has 8 atom stereocenters. The maximum absolute atomic E-state index is 10.2. The van der Waals surface area contributed by atoms with E-state index in [2.05, 4.69) is 26.8 Å². The van der Waals surface area contributed by atoms with E-state index in [0.717, 1.165) is 53.8 Å². The molecule has 1 heteroatoms. The van der Waals surface area contributed by atoms with Gasteiger partial charge in [0.2, 0.25) is 0 Å². The molecule has 27 heavy (non-hydrogen) atoms. The van der Waals surface area contributed by atoms with E-state index in [1.165, 1.54) is 51.4 Å². The van der Waals surface area contributed by atoms with Crippen LogP contribution < -0.4 is 0 Å². The third kappa shape index (κ3) is 2.73. The van der Waals surface area contributed by atoms with Gasteiger partial charge in [-0.05, 0) is 104 Å². The standard InChI is InChI=1S/C26H42O/c1-17(2)5-4-6-18-16-26-14-12-23-21(24(26)10-9-22(18)26)8-7-19-15-20(27)11-13-25(19,23)3/h7,17-18,20-24,27H,4-6,8-16H2,1-3H3. The zero-order valence-corrected chi connectivity index (χ0v) is 18.1. The van der Waals surface area contributed by atoms with Crippen LogP contribution >= 0.6 is 0 Å². The Morgan fingerprint density at radius 2 is 1.89 bits per heavy atom. The topological polar surface area (TPSA) is 20.2 Å². The molecule has 0 aromatic heterocycles. The van der Waals surface area contributed by atoms with Crippen LogP contribution in [0.25, 0.3) is 0 Å². The van der Waals surface area contributed by atoms with Crippen LogP contribution in [-0.2, 0) is 0 Å². The summed E-state index contributed by atoms with van der Waals surface area (Å²) in [5.74, 6) is 5.94. The summed E-state index contributed by atoms with van der Waals surface area (Å²) in [5.41, 5.74) is 2.81. The van der Waals surface area contributed by atoms with Gasteiger partial charge in [-0.2, -0.15) is 0 Å². The van der Waals surface area contributed by atoms with Crippen LogP contribution in [0.5, 0.6) is 0 Å². The Morgan fingerprint density at radius 1 is 1.07 bits per heavy atom. The van der Waals surface area contributed by atoms with Crippen molar-refractivity contribution in [3.8, 4) is 0 Å². The molecule has 0 aliphatic heterocycles. The first-order chi connectivity index (χ1) is 12.9. The molecule has 0 bridgehead atoms. The number of aliphatic hydroxyl groups excluding tert-OH is 1. The van der Waals surface area contributed by atoms with Crippen molar-refractivity contribution in [3.63, 3.8) is 0 Å². The van der Waals surface area contributed by atoms with Crippen molar-refractivity contribution in [1.29, 1.82) is 0 Å². The molecule has 8 unspecified atom stereocenters. The molecule has 1 nitrogen and oxygen atoms in total. The lowest BCUT2D eigenvalue weighted by atomic mass is 9.41. The number of hydrogen-bond acceptors (Lipinski definition) is 1. The second kappa shape index (κ2) is 6.61. The van der Waals surface area contributed by atoms with E-state index in [1.54, 1.807) is 18.4 Å². The summed E-state index contributed by atoms with van der Waals surface area (Å²) in [4.78, 5) is 0. The monoisotopic (exact) mass is 370 g/mol. The minimum atomic E-state index is -0.0649. The van der Waals surface area contributed by atoms with Crippen LogP contribution in [0.3, 0.4) is 0 Å². The van der Waals surface area contributed by atoms with Crippen molar-refractivity contribution >= 4 is 0 Å². The summed E-state index contributed by atoms with van der Waals surface area (Å²) in [6.45, 7) is 7.33. The lowest BCUT2D eigenvalue weighted by Gasteiger charge is -2.64. The average Bonchev–Trinajstić information content (AvgIpc) is 2.92. The third-order valence-electron chi connectivity index (χ3n) is 10.4. The summed E-state index contributed by atoms with van der Waals surface area (Å²) in [5, 5.41) is 10.2. The van der Waals surface area contributed by atoms with Gasteiger partial charge in [-0.3, -0.25) is 0 Å². The lowest BCUT2D eigenvalue weighted by Crippen LogP contribution is -2.56. The lowest BCUT2D eigenvalue weighted by molar-refractivity contribution is -0.132. The fourth-order valence-corrected chi connectivity index (χ4v) is 9.16. The molecule has 4 fully saturated rings. The second-order valence-electron chi connectivity index (χ2n) is 11.9. The van der Waals surface area contributed by atoms with Crippen LogP contribution in [0.4, 0.5) is 0 Å². The predicted octanol–water partition coefficient (Wildman–Crippen LogP) is 6.75. The van der Waals surface area contributed by atoms with E-state index >= 15 is 0 Å². The van der Waals surface area contributed by atoms with E-state index in [0.29, 0.717) is 5.41 Å². The van der Waals surface area contributed by atoms with Gasteiger partial charge < -0.3 is 5.11 Å². The first-order valence-corrected chi connectivity index (χ1v) is 12.3. The van der Waals surface area contributed by atoms with E-state index in [9.17, 15) is 5.11 Å². The average molecular weight is 371 g/mol. The number of allylic oxidation sites excluding steroid dienone is 1. The molecule has 0 heterocycles. The molecule has 0 saturated heterocycles. The van der Waals surface area contributed by atoms with Gasteiger partial charge in [0.25, 0.3) is 0 Å². The van der Waals surface area contributed by atoms with Crippen LogP contribution in [0, 0.1) is 46.3 Å². The van der Waals surface area contributed by atoms with Gasteiger partial charge >= 0.3 is 0 Å². The highest BCUT2D eigenvalue weighted by Gasteiger charge is 2.65. The smallest absolute Gasteiger partial charge is 0.0577 e. The molecule has 0 amide bonds. The summed E-state index contributed by atoms with van der Waals surface area (Å²) in [6, 6.07) is 0. The zero-order valence-electron chi connectivity index (χ0n) is 18.1. The number of aliphatic hydroxyl groups is 1. The van der Waals surface area contributed by atoms with Crippen molar-refractivity contribution in [2.75, 3.05) is 0 Å². The molecule has 1 spiro atoms. The summed E-state index contributed by atoms with van der Waals surface area (Å²) < 4.78 is 0. The predicted molar refractivity (Wildman–Crippen MR) is 112 cm³/mol. The van der Waals surface area contributed by atoms with Gasteiger partial charge in [0.05, 0.1) is 6.10 Å². The zero-order chi connectivity index (χ0) is 18.8. The van der Waals surface area contributed by atoms with Gasteiger partial charge in [0.15, 0.2) is 0 Å². The first kappa shape index (κ1) is 18.7. The van der Waals surface area contributed by atoms with Crippen molar-refractivity contribution in [1.82, 2.24) is 0 Å². The third-order valence-corrected chi connectivity index (χ3v) is 10.4. The van der Waals surface area contributed by atoms with Crippen LogP contribution in [-0.4, -0.2) is 11.2 Å². The Kier molecular flexibility index (Phi) is 4.58. The first-order valence-electron chi connectivity index (χ1n) is 12.3. The number of rotatable bonds is 4. The Hall–Kier alpha value is -0.300. The Labute approximate surface area is 167 Å². The summed E-state index contributed by atoms with van der Waals surface area (Å²) in [6.07, 6.45) is 19.2. The molecular formula is C26H42O. The molecule has 0 aromatic rings. The summed E-state index contributed by atoms with van der Waals surface area (Å²) in [7, 11) is 0. The van der Waals surface area contributed by atoms with Gasteiger partial charge in [-0.1, -0.05) is 51.7 Å². The van der Waals surface area contributed by atoms with Gasteiger partial charge in [0, 0.05) is 0 Å². The highest BCUT2D eigenvalue weighted by Crippen LogP contribution is 2.74. The van der Waals surface area contributed by atoms with E-state index in [-0.39, 0.29) is 6.10 Å². The molecule has 5 rings (SSSR count). The number of fused-ring (bicyclic) bond motifs is 4. The minimum absolute atomic E-state index is 0.0649. The fraction of sp³-hybridized carbons (Fsp3) is 0.923. The van der Waals surface area contributed by atoms with Gasteiger partial charge in [-0.15, -0.1) is 0 Å². The van der Waals surface area contributed by atoms with Crippen LogP contribution in [0.1, 0.15) is 97.8 Å². The largest absolute Gasteiger partial charge is 0.393 e. The SMILES string of the molecule is CC(C)CCCC1CC23CCC4C(CC=C5CC(O)CCC54C)C2CCC13. The Morgan fingerprint density at radius 3 is 2.70 bits per heavy atom. The molecule has 0 radical (unpaired) electrons. The van der Waals surface area contributed by atoms with Crippen molar-refractivity contribution < 1.29 is 5.11 Å². The summed E-state index contributed by atoms with van der Waals surface area (Å²) >= 11 is 0. The molecular weight excluding hydrogens is 328 g/mol. The minimum Gasteiger partial charge on any atom is -0.393 e. The fourth-order valence-electron chi connectivity index (χ4n) is 9.16. The maximum Gasteiger partial charge on any atom is 0.0577 e. The second-order valence-corrected chi connectivity index (χ2v) is 11.9. The van der Waals surface area contributed by atoms with Crippen molar-refractivity contribution in [2.24, 2.45) is 46.3 Å². The van der Waals surface area contributed by atoms with E-state index in [4.69, 9.17) is 0 Å². The van der Waals surface area contributed by atoms with Gasteiger partial charge in [0.1, 0.15) is 0 Å². The van der Waals surface area contributed by atoms with Crippen molar-refractivity contribution in [2.45, 2.75) is 104 Å². The van der Waals surface area contributed by atoms with Gasteiger partial charge in [-0.25, -0.2) is 0 Å². The van der Waals surface area contributed by atoms with Crippen LogP contribution in [0.2, 0.25) is 0 Å². The molecule has 4 saturated carbocycles.